The fourth-order valence-corrected chi connectivity index (χ4v) is 5.05. The van der Waals surface area contributed by atoms with Crippen LogP contribution in [0.4, 0.5) is 0 Å². The highest BCUT2D eigenvalue weighted by atomic mass is 35.5. The van der Waals surface area contributed by atoms with Crippen LogP contribution in [0.3, 0.4) is 0 Å². The highest BCUT2D eigenvalue weighted by molar-refractivity contribution is 7.89. The number of rotatable bonds is 3. The van der Waals surface area contributed by atoms with Gasteiger partial charge in [-0.15, -0.1) is 12.4 Å². The summed E-state index contributed by atoms with van der Waals surface area (Å²) in [5.74, 6) is 1.48. The summed E-state index contributed by atoms with van der Waals surface area (Å²) in [5, 5.41) is 0.172. The minimum atomic E-state index is -3.47. The van der Waals surface area contributed by atoms with E-state index >= 15 is 0 Å². The largest absolute Gasteiger partial charge is 0.334 e. The van der Waals surface area contributed by atoms with E-state index in [1.165, 1.54) is 0 Å². The zero-order valence-electron chi connectivity index (χ0n) is 12.4. The molecule has 1 saturated heterocycles. The second-order valence-corrected chi connectivity index (χ2v) is 7.78. The van der Waals surface area contributed by atoms with Gasteiger partial charge in [-0.3, -0.25) is 0 Å². The van der Waals surface area contributed by atoms with Crippen molar-refractivity contribution in [3.8, 4) is 0 Å². The summed E-state index contributed by atoms with van der Waals surface area (Å²) in [6.45, 7) is 5.68. The molecule has 120 valence electrons. The maximum absolute atomic E-state index is 12.7. The average molecular weight is 335 g/mol. The monoisotopic (exact) mass is 334 g/mol. The fourth-order valence-electron chi connectivity index (χ4n) is 3.52. The number of aryl methyl sites for hydroxylation is 2. The lowest BCUT2D eigenvalue weighted by Crippen LogP contribution is -2.33. The number of imidazole rings is 1. The van der Waals surface area contributed by atoms with E-state index in [2.05, 4.69) is 4.98 Å². The maximum Gasteiger partial charge on any atom is 0.262 e. The van der Waals surface area contributed by atoms with Crippen LogP contribution >= 0.6 is 12.4 Å². The number of nitrogens with two attached hydrogens (primary N) is 1. The third-order valence-electron chi connectivity index (χ3n) is 4.78. The second-order valence-electron chi connectivity index (χ2n) is 5.90. The van der Waals surface area contributed by atoms with Crippen molar-refractivity contribution >= 4 is 22.4 Å². The molecule has 21 heavy (non-hydrogen) atoms. The molecule has 0 amide bonds. The Labute approximate surface area is 132 Å². The summed E-state index contributed by atoms with van der Waals surface area (Å²) < 4.78 is 28.8. The Morgan fingerprint density at radius 3 is 2.67 bits per heavy atom. The summed E-state index contributed by atoms with van der Waals surface area (Å²) >= 11 is 0. The first kappa shape index (κ1) is 16.7. The van der Waals surface area contributed by atoms with Gasteiger partial charge in [-0.1, -0.05) is 0 Å². The van der Waals surface area contributed by atoms with Crippen LogP contribution in [0.1, 0.15) is 25.6 Å². The molecule has 0 spiro atoms. The predicted molar refractivity (Wildman–Crippen MR) is 82.8 cm³/mol. The molecule has 0 aromatic carbocycles. The van der Waals surface area contributed by atoms with Crippen molar-refractivity contribution in [2.45, 2.75) is 44.3 Å². The van der Waals surface area contributed by atoms with Gasteiger partial charge in [0.05, 0.1) is 0 Å². The van der Waals surface area contributed by atoms with Crippen LogP contribution in [-0.2, 0) is 16.6 Å². The first-order valence-electron chi connectivity index (χ1n) is 7.23. The fraction of sp³-hybridized carbons (Fsp3) is 0.769. The second kappa shape index (κ2) is 5.87. The minimum Gasteiger partial charge on any atom is -0.334 e. The van der Waals surface area contributed by atoms with Gasteiger partial charge >= 0.3 is 0 Å². The number of nitrogens with zero attached hydrogens (tertiary/aromatic N) is 3. The van der Waals surface area contributed by atoms with E-state index in [9.17, 15) is 8.42 Å². The molecule has 2 fully saturated rings. The first-order valence-corrected chi connectivity index (χ1v) is 8.67. The highest BCUT2D eigenvalue weighted by Gasteiger charge is 2.45. The Hall–Kier alpha value is -0.630. The number of fused-ring (bicyclic) bond motifs is 1. The Bertz CT molecular complexity index is 616. The normalized spacial score (nSPS) is 29.4. The summed E-state index contributed by atoms with van der Waals surface area (Å²) in [5.41, 5.74) is 6.07. The third kappa shape index (κ3) is 2.72. The van der Waals surface area contributed by atoms with Gasteiger partial charge in [-0.05, 0) is 38.5 Å². The van der Waals surface area contributed by atoms with Crippen LogP contribution in [0.25, 0.3) is 0 Å². The van der Waals surface area contributed by atoms with Gasteiger partial charge in [0.25, 0.3) is 10.0 Å². The molecule has 2 aliphatic rings. The Morgan fingerprint density at radius 1 is 1.38 bits per heavy atom. The van der Waals surface area contributed by atoms with Gasteiger partial charge in [0.15, 0.2) is 5.03 Å². The lowest BCUT2D eigenvalue weighted by molar-refractivity contribution is 0.425. The Morgan fingerprint density at radius 2 is 2.10 bits per heavy atom. The van der Waals surface area contributed by atoms with Gasteiger partial charge < -0.3 is 10.3 Å². The zero-order chi connectivity index (χ0) is 14.5. The van der Waals surface area contributed by atoms with Crippen LogP contribution in [-0.4, -0.2) is 41.4 Å². The van der Waals surface area contributed by atoms with Crippen molar-refractivity contribution < 1.29 is 8.42 Å². The lowest BCUT2D eigenvalue weighted by atomic mass is 9.98. The van der Waals surface area contributed by atoms with Crippen LogP contribution in [0.15, 0.2) is 11.2 Å². The number of aromatic nitrogens is 2. The van der Waals surface area contributed by atoms with E-state index in [1.54, 1.807) is 10.5 Å². The van der Waals surface area contributed by atoms with Crippen LogP contribution in [0, 0.1) is 18.8 Å². The summed E-state index contributed by atoms with van der Waals surface area (Å²) in [7, 11) is -3.47. The van der Waals surface area contributed by atoms with E-state index in [1.807, 2.05) is 18.4 Å². The smallest absolute Gasteiger partial charge is 0.262 e. The number of sulfonamides is 1. The summed E-state index contributed by atoms with van der Waals surface area (Å²) in [6.07, 6.45) is 3.70. The molecule has 2 heterocycles. The van der Waals surface area contributed by atoms with Gasteiger partial charge in [0.2, 0.25) is 0 Å². The lowest BCUT2D eigenvalue weighted by Gasteiger charge is -2.17. The van der Waals surface area contributed by atoms with E-state index < -0.39 is 10.0 Å². The maximum atomic E-state index is 12.7. The standard InChI is InChI=1S/C13H22N4O2S.ClH/c1-3-16-8-13(15-9(16)2)20(18,19)17-6-10-4-5-12(14)11(10)7-17;/h8,10-12H,3-7,14H2,1-2H3;1H. The van der Waals surface area contributed by atoms with Crippen molar-refractivity contribution in [1.29, 1.82) is 0 Å². The van der Waals surface area contributed by atoms with Crippen molar-refractivity contribution in [2.75, 3.05) is 13.1 Å². The molecular weight excluding hydrogens is 312 g/mol. The Kier molecular flexibility index (Phi) is 4.68. The van der Waals surface area contributed by atoms with Gasteiger partial charge in [0, 0.05) is 31.9 Å². The summed E-state index contributed by atoms with van der Waals surface area (Å²) in [6, 6.07) is 0.148. The van der Waals surface area contributed by atoms with E-state index in [4.69, 9.17) is 5.73 Å². The van der Waals surface area contributed by atoms with Crippen molar-refractivity contribution in [3.63, 3.8) is 0 Å². The zero-order valence-corrected chi connectivity index (χ0v) is 14.0. The molecule has 0 bridgehead atoms. The Balaban J connectivity index is 0.00000161. The van der Waals surface area contributed by atoms with Crippen molar-refractivity contribution in [1.82, 2.24) is 13.9 Å². The van der Waals surface area contributed by atoms with Gasteiger partial charge in [-0.25, -0.2) is 13.4 Å². The molecule has 1 aliphatic heterocycles. The molecular formula is C13H23ClN4O2S. The highest BCUT2D eigenvalue weighted by Crippen LogP contribution is 2.39. The molecule has 2 N–H and O–H groups in total. The number of halogens is 1. The van der Waals surface area contributed by atoms with Gasteiger partial charge in [-0.2, -0.15) is 4.31 Å². The molecule has 3 rings (SSSR count). The molecule has 0 radical (unpaired) electrons. The van der Waals surface area contributed by atoms with Gasteiger partial charge in [0.1, 0.15) is 5.82 Å². The molecule has 1 saturated carbocycles. The molecule has 3 atom stereocenters. The predicted octanol–water partition coefficient (Wildman–Crippen LogP) is 0.991. The average Bonchev–Trinajstić information content (AvgIpc) is 3.06. The van der Waals surface area contributed by atoms with Crippen molar-refractivity contribution in [3.05, 3.63) is 12.0 Å². The molecule has 1 aromatic rings. The first-order chi connectivity index (χ1) is 9.43. The minimum absolute atomic E-state index is 0. The van der Waals surface area contributed by atoms with E-state index in [-0.39, 0.29) is 23.5 Å². The van der Waals surface area contributed by atoms with Crippen LogP contribution in [0.2, 0.25) is 0 Å². The molecule has 8 heteroatoms. The number of hydrogen-bond donors (Lipinski definition) is 1. The number of hydrogen-bond acceptors (Lipinski definition) is 4. The molecule has 1 aliphatic carbocycles. The quantitative estimate of drug-likeness (QED) is 0.893. The van der Waals surface area contributed by atoms with Crippen LogP contribution in [0.5, 0.6) is 0 Å². The topological polar surface area (TPSA) is 81.2 Å². The molecule has 6 nitrogen and oxygen atoms in total. The third-order valence-corrected chi connectivity index (χ3v) is 6.48. The van der Waals surface area contributed by atoms with Crippen LogP contribution < -0.4 is 5.73 Å². The van der Waals surface area contributed by atoms with Crippen molar-refractivity contribution in [2.24, 2.45) is 17.6 Å². The molecule has 1 aromatic heterocycles. The van der Waals surface area contributed by atoms with E-state index in [0.29, 0.717) is 24.9 Å². The molecule has 3 unspecified atom stereocenters. The van der Waals surface area contributed by atoms with E-state index in [0.717, 1.165) is 25.2 Å². The summed E-state index contributed by atoms with van der Waals surface area (Å²) in [4.78, 5) is 4.21. The SMILES string of the molecule is CCn1cc(S(=O)(=O)N2CC3CCC(N)C3C2)nc1C.Cl.